The summed E-state index contributed by atoms with van der Waals surface area (Å²) in [5.74, 6) is -1.58. The van der Waals surface area contributed by atoms with Crippen molar-refractivity contribution >= 4 is 33.8 Å². The Morgan fingerprint density at radius 2 is 2.00 bits per heavy atom. The van der Waals surface area contributed by atoms with E-state index in [0.29, 0.717) is 25.1 Å². The van der Waals surface area contributed by atoms with Gasteiger partial charge in [0.1, 0.15) is 0 Å². The first-order valence-electron chi connectivity index (χ1n) is 7.26. The normalized spacial score (nSPS) is 16.9. The fraction of sp³-hybridized carbons (Fsp3) is 0.400. The van der Waals surface area contributed by atoms with Gasteiger partial charge >= 0.3 is 12.0 Å². The minimum atomic E-state index is -0.874. The van der Waals surface area contributed by atoms with Crippen LogP contribution in [0.25, 0.3) is 0 Å². The van der Waals surface area contributed by atoms with E-state index in [9.17, 15) is 14.4 Å². The van der Waals surface area contributed by atoms with Gasteiger partial charge in [-0.15, -0.1) is 0 Å². The van der Waals surface area contributed by atoms with Gasteiger partial charge in [-0.2, -0.15) is 0 Å². The average molecular weight is 384 g/mol. The van der Waals surface area contributed by atoms with Crippen molar-refractivity contribution in [3.63, 3.8) is 0 Å². The zero-order valence-corrected chi connectivity index (χ0v) is 14.0. The molecule has 124 valence electrons. The first-order chi connectivity index (χ1) is 11.0. The van der Waals surface area contributed by atoms with Crippen molar-refractivity contribution in [2.45, 2.75) is 6.42 Å². The molecular formula is C15H18BrN3O4. The summed E-state index contributed by atoms with van der Waals surface area (Å²) >= 11 is 3.30. The van der Waals surface area contributed by atoms with Crippen molar-refractivity contribution in [1.29, 1.82) is 0 Å². The van der Waals surface area contributed by atoms with Crippen molar-refractivity contribution in [2.75, 3.05) is 26.2 Å². The Hall–Kier alpha value is -2.09. The lowest BCUT2D eigenvalue weighted by atomic mass is 10.1. The molecule has 1 aromatic rings. The van der Waals surface area contributed by atoms with Crippen LogP contribution in [-0.2, 0) is 4.79 Å². The third-order valence-corrected chi connectivity index (χ3v) is 4.09. The first kappa shape index (κ1) is 17.3. The SMILES string of the molecule is O=C(NCCNC(=O)N1CCC(C(=O)O)C1)c1cccc(Br)c1. The fourth-order valence-electron chi connectivity index (χ4n) is 2.34. The van der Waals surface area contributed by atoms with E-state index in [1.165, 1.54) is 4.90 Å². The van der Waals surface area contributed by atoms with Crippen LogP contribution in [-0.4, -0.2) is 54.1 Å². The Bertz CT molecular complexity index is 608. The van der Waals surface area contributed by atoms with Gasteiger partial charge in [0.15, 0.2) is 0 Å². The number of likely N-dealkylation sites (tertiary alicyclic amines) is 1. The molecule has 2 rings (SSSR count). The van der Waals surface area contributed by atoms with Gasteiger partial charge in [-0.05, 0) is 24.6 Å². The van der Waals surface area contributed by atoms with Crippen molar-refractivity contribution < 1.29 is 19.5 Å². The Labute approximate surface area is 142 Å². The lowest BCUT2D eigenvalue weighted by Crippen LogP contribution is -2.42. The molecule has 1 aromatic carbocycles. The van der Waals surface area contributed by atoms with Gasteiger partial charge in [0, 0.05) is 36.2 Å². The van der Waals surface area contributed by atoms with Crippen LogP contribution in [0.2, 0.25) is 0 Å². The average Bonchev–Trinajstić information content (AvgIpc) is 3.01. The molecule has 1 unspecified atom stereocenters. The molecule has 1 aliphatic heterocycles. The maximum Gasteiger partial charge on any atom is 0.317 e. The first-order valence-corrected chi connectivity index (χ1v) is 8.06. The number of halogens is 1. The summed E-state index contributed by atoms with van der Waals surface area (Å²) < 4.78 is 0.820. The van der Waals surface area contributed by atoms with Crippen LogP contribution in [0.15, 0.2) is 28.7 Å². The highest BCUT2D eigenvalue weighted by Crippen LogP contribution is 2.16. The van der Waals surface area contributed by atoms with Gasteiger partial charge in [0.2, 0.25) is 0 Å². The van der Waals surface area contributed by atoms with E-state index in [2.05, 4.69) is 26.6 Å². The van der Waals surface area contributed by atoms with Crippen molar-refractivity contribution in [1.82, 2.24) is 15.5 Å². The molecular weight excluding hydrogens is 366 g/mol. The molecule has 3 amide bonds. The fourth-order valence-corrected chi connectivity index (χ4v) is 2.73. The van der Waals surface area contributed by atoms with Crippen LogP contribution in [0.1, 0.15) is 16.8 Å². The molecule has 1 heterocycles. The number of carbonyl (C=O) groups excluding carboxylic acids is 2. The van der Waals surface area contributed by atoms with E-state index in [4.69, 9.17) is 5.11 Å². The van der Waals surface area contributed by atoms with Crippen molar-refractivity contribution in [3.8, 4) is 0 Å². The zero-order chi connectivity index (χ0) is 16.8. The maximum absolute atomic E-state index is 11.9. The summed E-state index contributed by atoms with van der Waals surface area (Å²) in [6.07, 6.45) is 0.475. The van der Waals surface area contributed by atoms with Gasteiger partial charge in [-0.3, -0.25) is 9.59 Å². The lowest BCUT2D eigenvalue weighted by molar-refractivity contribution is -0.141. The van der Waals surface area contributed by atoms with E-state index < -0.39 is 11.9 Å². The molecule has 23 heavy (non-hydrogen) atoms. The van der Waals surface area contributed by atoms with Crippen LogP contribution < -0.4 is 10.6 Å². The number of hydrogen-bond acceptors (Lipinski definition) is 3. The zero-order valence-electron chi connectivity index (χ0n) is 12.4. The standard InChI is InChI=1S/C15H18BrN3O4/c16-12-3-1-2-10(8-12)13(20)17-5-6-18-15(23)19-7-4-11(9-19)14(21)22/h1-3,8,11H,4-7,9H2,(H,17,20)(H,18,23)(H,21,22). The molecule has 3 N–H and O–H groups in total. The van der Waals surface area contributed by atoms with Crippen molar-refractivity contribution in [3.05, 3.63) is 34.3 Å². The number of carbonyl (C=O) groups is 3. The van der Waals surface area contributed by atoms with Gasteiger partial charge in [0.05, 0.1) is 5.92 Å². The molecule has 0 radical (unpaired) electrons. The molecule has 0 saturated carbocycles. The topological polar surface area (TPSA) is 98.7 Å². The molecule has 0 aliphatic carbocycles. The van der Waals surface area contributed by atoms with Gasteiger partial charge in [-0.1, -0.05) is 22.0 Å². The van der Waals surface area contributed by atoms with E-state index in [0.717, 1.165) is 4.47 Å². The van der Waals surface area contributed by atoms with Crippen molar-refractivity contribution in [2.24, 2.45) is 5.92 Å². The number of rotatable bonds is 5. The molecule has 8 heteroatoms. The Morgan fingerprint density at radius 1 is 1.26 bits per heavy atom. The summed E-state index contributed by atoms with van der Waals surface area (Å²) in [6.45, 7) is 1.25. The molecule has 1 saturated heterocycles. The highest BCUT2D eigenvalue weighted by molar-refractivity contribution is 9.10. The Morgan fingerprint density at radius 3 is 2.65 bits per heavy atom. The summed E-state index contributed by atoms with van der Waals surface area (Å²) in [4.78, 5) is 36.1. The van der Waals surface area contributed by atoms with E-state index >= 15 is 0 Å². The summed E-state index contributed by atoms with van der Waals surface area (Å²) in [7, 11) is 0. The molecule has 1 atom stereocenters. The van der Waals surface area contributed by atoms with Gasteiger partial charge in [0.25, 0.3) is 5.91 Å². The largest absolute Gasteiger partial charge is 0.481 e. The quantitative estimate of drug-likeness (QED) is 0.667. The number of urea groups is 1. The molecule has 0 bridgehead atoms. The predicted molar refractivity (Wildman–Crippen MR) is 87.2 cm³/mol. The molecule has 1 fully saturated rings. The number of amides is 3. The number of carboxylic acids is 1. The third-order valence-electron chi connectivity index (χ3n) is 3.60. The lowest BCUT2D eigenvalue weighted by Gasteiger charge is -2.16. The smallest absolute Gasteiger partial charge is 0.317 e. The third kappa shape index (κ3) is 4.95. The number of nitrogens with zero attached hydrogens (tertiary/aromatic N) is 1. The summed E-state index contributed by atoms with van der Waals surface area (Å²) in [5, 5.41) is 14.3. The Balaban J connectivity index is 1.68. The molecule has 0 spiro atoms. The van der Waals surface area contributed by atoms with Crippen LogP contribution >= 0.6 is 15.9 Å². The van der Waals surface area contributed by atoms with Crippen LogP contribution in [0, 0.1) is 5.92 Å². The van der Waals surface area contributed by atoms with Crippen LogP contribution in [0.3, 0.4) is 0 Å². The number of hydrogen-bond donors (Lipinski definition) is 3. The minimum Gasteiger partial charge on any atom is -0.481 e. The minimum absolute atomic E-state index is 0.215. The van der Waals surface area contributed by atoms with Gasteiger partial charge < -0.3 is 20.6 Å². The molecule has 0 aromatic heterocycles. The van der Waals surface area contributed by atoms with Crippen LogP contribution in [0.4, 0.5) is 4.79 Å². The predicted octanol–water partition coefficient (Wildman–Crippen LogP) is 1.30. The number of nitrogens with one attached hydrogen (secondary N) is 2. The second-order valence-electron chi connectivity index (χ2n) is 5.27. The summed E-state index contributed by atoms with van der Waals surface area (Å²) in [6, 6.07) is 6.72. The molecule has 1 aliphatic rings. The monoisotopic (exact) mass is 383 g/mol. The maximum atomic E-state index is 11.9. The Kier molecular flexibility index (Phi) is 5.97. The number of aliphatic carboxylic acids is 1. The number of benzene rings is 1. The van der Waals surface area contributed by atoms with E-state index in [1.807, 2.05) is 6.07 Å². The van der Waals surface area contributed by atoms with Crippen LogP contribution in [0.5, 0.6) is 0 Å². The number of carboxylic acid groups (broad SMARTS) is 1. The second-order valence-corrected chi connectivity index (χ2v) is 6.18. The van der Waals surface area contributed by atoms with E-state index in [-0.39, 0.29) is 25.0 Å². The second kappa shape index (κ2) is 7.96. The van der Waals surface area contributed by atoms with Gasteiger partial charge in [-0.25, -0.2) is 4.79 Å². The summed E-state index contributed by atoms with van der Waals surface area (Å²) in [5.41, 5.74) is 0.537. The highest BCUT2D eigenvalue weighted by atomic mass is 79.9. The highest BCUT2D eigenvalue weighted by Gasteiger charge is 2.30. The van der Waals surface area contributed by atoms with E-state index in [1.54, 1.807) is 18.2 Å². The molecule has 7 nitrogen and oxygen atoms in total.